The molecule has 0 bridgehead atoms. The SMILES string of the molecule is CNc1cccc(C(=O)NCC(COC)OC)c1[N+](=O)[O-]. The molecule has 0 heterocycles. The summed E-state index contributed by atoms with van der Waals surface area (Å²) in [5, 5.41) is 16.5. The van der Waals surface area contributed by atoms with Gasteiger partial charge in [-0.3, -0.25) is 14.9 Å². The van der Waals surface area contributed by atoms with E-state index in [-0.39, 0.29) is 29.6 Å². The number of nitrogens with zero attached hydrogens (tertiary/aromatic N) is 1. The highest BCUT2D eigenvalue weighted by atomic mass is 16.6. The number of ether oxygens (including phenoxy) is 2. The summed E-state index contributed by atoms with van der Waals surface area (Å²) >= 11 is 0. The number of hydrogen-bond donors (Lipinski definition) is 2. The minimum absolute atomic E-state index is 0.000815. The lowest BCUT2D eigenvalue weighted by Gasteiger charge is -2.15. The zero-order valence-corrected chi connectivity index (χ0v) is 12.2. The molecule has 0 saturated heterocycles. The Morgan fingerprint density at radius 1 is 1.43 bits per heavy atom. The molecule has 0 radical (unpaired) electrons. The van der Waals surface area contributed by atoms with Gasteiger partial charge in [-0.25, -0.2) is 0 Å². The third-order valence-corrected chi connectivity index (χ3v) is 2.91. The normalized spacial score (nSPS) is 11.8. The monoisotopic (exact) mass is 297 g/mol. The Hall–Kier alpha value is -2.19. The summed E-state index contributed by atoms with van der Waals surface area (Å²) in [6.45, 7) is 0.513. The summed E-state index contributed by atoms with van der Waals surface area (Å²) in [7, 11) is 4.58. The predicted octanol–water partition coefficient (Wildman–Crippen LogP) is 1.03. The molecule has 1 rings (SSSR count). The van der Waals surface area contributed by atoms with Gasteiger partial charge in [0, 0.05) is 27.8 Å². The van der Waals surface area contributed by atoms with Crippen molar-refractivity contribution in [3.63, 3.8) is 0 Å². The summed E-state index contributed by atoms with van der Waals surface area (Å²) < 4.78 is 10.1. The van der Waals surface area contributed by atoms with Crippen molar-refractivity contribution in [3.8, 4) is 0 Å². The number of carbonyl (C=O) groups excluding carboxylic acids is 1. The lowest BCUT2D eigenvalue weighted by atomic mass is 10.1. The zero-order chi connectivity index (χ0) is 15.8. The van der Waals surface area contributed by atoms with Crippen molar-refractivity contribution in [3.05, 3.63) is 33.9 Å². The molecule has 0 fully saturated rings. The number of nitro groups is 1. The molecule has 1 atom stereocenters. The molecule has 8 heteroatoms. The fourth-order valence-corrected chi connectivity index (χ4v) is 1.82. The van der Waals surface area contributed by atoms with Crippen LogP contribution in [-0.2, 0) is 9.47 Å². The molecule has 1 unspecified atom stereocenters. The van der Waals surface area contributed by atoms with E-state index in [2.05, 4.69) is 10.6 Å². The molecule has 2 N–H and O–H groups in total. The van der Waals surface area contributed by atoms with Gasteiger partial charge >= 0.3 is 5.69 Å². The molecule has 21 heavy (non-hydrogen) atoms. The van der Waals surface area contributed by atoms with Crippen LogP contribution in [0.1, 0.15) is 10.4 Å². The second-order valence-electron chi connectivity index (χ2n) is 4.23. The highest BCUT2D eigenvalue weighted by Gasteiger charge is 2.24. The van der Waals surface area contributed by atoms with Crippen molar-refractivity contribution in [2.75, 3.05) is 39.7 Å². The lowest BCUT2D eigenvalue weighted by molar-refractivity contribution is -0.384. The maximum Gasteiger partial charge on any atom is 0.305 e. The lowest BCUT2D eigenvalue weighted by Crippen LogP contribution is -2.35. The maximum absolute atomic E-state index is 12.1. The van der Waals surface area contributed by atoms with Crippen LogP contribution >= 0.6 is 0 Å². The number of benzene rings is 1. The summed E-state index contributed by atoms with van der Waals surface area (Å²) in [6, 6.07) is 4.53. The minimum Gasteiger partial charge on any atom is -0.383 e. The first-order valence-electron chi connectivity index (χ1n) is 6.30. The second kappa shape index (κ2) is 8.18. The Morgan fingerprint density at radius 2 is 2.14 bits per heavy atom. The van der Waals surface area contributed by atoms with Crippen molar-refractivity contribution in [1.29, 1.82) is 0 Å². The van der Waals surface area contributed by atoms with Crippen molar-refractivity contribution >= 4 is 17.3 Å². The standard InChI is InChI=1S/C13H19N3O5/c1-14-11-6-4-5-10(12(11)16(18)19)13(17)15-7-9(21-3)8-20-2/h4-6,9,14H,7-8H2,1-3H3,(H,15,17). The highest BCUT2D eigenvalue weighted by molar-refractivity contribution is 6.00. The number of rotatable bonds is 8. The van der Waals surface area contributed by atoms with Crippen LogP contribution in [-0.4, -0.2) is 51.4 Å². The van der Waals surface area contributed by atoms with Crippen LogP contribution in [0.2, 0.25) is 0 Å². The van der Waals surface area contributed by atoms with E-state index < -0.39 is 10.8 Å². The summed E-state index contributed by atoms with van der Waals surface area (Å²) in [5.41, 5.74) is 0.0326. The predicted molar refractivity (Wildman–Crippen MR) is 77.6 cm³/mol. The van der Waals surface area contributed by atoms with Crippen molar-refractivity contribution in [2.45, 2.75) is 6.10 Å². The van der Waals surface area contributed by atoms with E-state index in [0.717, 1.165) is 0 Å². The Bertz CT molecular complexity index is 507. The van der Waals surface area contributed by atoms with E-state index in [1.807, 2.05) is 0 Å². The van der Waals surface area contributed by atoms with Crippen LogP contribution in [0.15, 0.2) is 18.2 Å². The van der Waals surface area contributed by atoms with E-state index >= 15 is 0 Å². The first-order chi connectivity index (χ1) is 10.0. The fraction of sp³-hybridized carbons (Fsp3) is 0.462. The Balaban J connectivity index is 2.90. The van der Waals surface area contributed by atoms with Crippen LogP contribution in [0.3, 0.4) is 0 Å². The van der Waals surface area contributed by atoms with Crippen LogP contribution in [0.5, 0.6) is 0 Å². The van der Waals surface area contributed by atoms with E-state index in [1.165, 1.54) is 26.4 Å². The van der Waals surface area contributed by atoms with Gasteiger partial charge in [-0.05, 0) is 12.1 Å². The molecule has 0 saturated carbocycles. The summed E-state index contributed by atoms with van der Waals surface area (Å²) in [6.07, 6.45) is -0.314. The van der Waals surface area contributed by atoms with Crippen molar-refractivity contribution in [1.82, 2.24) is 5.32 Å². The van der Waals surface area contributed by atoms with Crippen LogP contribution in [0, 0.1) is 10.1 Å². The molecule has 0 aliphatic carbocycles. The molecule has 0 aliphatic rings. The molecule has 8 nitrogen and oxygen atoms in total. The van der Waals surface area contributed by atoms with Crippen LogP contribution < -0.4 is 10.6 Å². The van der Waals surface area contributed by atoms with Gasteiger partial charge < -0.3 is 20.1 Å². The van der Waals surface area contributed by atoms with Gasteiger partial charge in [-0.2, -0.15) is 0 Å². The number of nitro benzene ring substituents is 1. The first-order valence-corrected chi connectivity index (χ1v) is 6.30. The third kappa shape index (κ3) is 4.40. The van der Waals surface area contributed by atoms with E-state index in [0.29, 0.717) is 6.61 Å². The molecule has 1 amide bonds. The van der Waals surface area contributed by atoms with E-state index in [9.17, 15) is 14.9 Å². The molecule has 0 aromatic heterocycles. The fourth-order valence-electron chi connectivity index (χ4n) is 1.82. The maximum atomic E-state index is 12.1. The molecule has 1 aromatic rings. The van der Waals surface area contributed by atoms with Gasteiger partial charge in [0.2, 0.25) is 0 Å². The molecule has 116 valence electrons. The Morgan fingerprint density at radius 3 is 2.67 bits per heavy atom. The number of nitrogens with one attached hydrogen (secondary N) is 2. The number of hydrogen-bond acceptors (Lipinski definition) is 6. The molecular weight excluding hydrogens is 278 g/mol. The summed E-state index contributed by atoms with van der Waals surface area (Å²) in [5.74, 6) is -0.531. The number of amides is 1. The quantitative estimate of drug-likeness (QED) is 0.548. The van der Waals surface area contributed by atoms with Gasteiger partial charge in [0.25, 0.3) is 5.91 Å². The van der Waals surface area contributed by atoms with Gasteiger partial charge in [0.05, 0.1) is 17.6 Å². The highest BCUT2D eigenvalue weighted by Crippen LogP contribution is 2.28. The average Bonchev–Trinajstić information content (AvgIpc) is 2.49. The number of methoxy groups -OCH3 is 2. The number of para-hydroxylation sites is 1. The smallest absolute Gasteiger partial charge is 0.305 e. The van der Waals surface area contributed by atoms with Crippen LogP contribution in [0.25, 0.3) is 0 Å². The van der Waals surface area contributed by atoms with Crippen molar-refractivity contribution < 1.29 is 19.2 Å². The summed E-state index contributed by atoms with van der Waals surface area (Å²) in [4.78, 5) is 22.7. The second-order valence-corrected chi connectivity index (χ2v) is 4.23. The molecular formula is C13H19N3O5. The number of carbonyl (C=O) groups is 1. The van der Waals surface area contributed by atoms with E-state index in [4.69, 9.17) is 9.47 Å². The van der Waals surface area contributed by atoms with E-state index in [1.54, 1.807) is 13.1 Å². The average molecular weight is 297 g/mol. The van der Waals surface area contributed by atoms with Gasteiger partial charge in [0.1, 0.15) is 11.3 Å². The zero-order valence-electron chi connectivity index (χ0n) is 12.2. The van der Waals surface area contributed by atoms with Gasteiger partial charge in [-0.15, -0.1) is 0 Å². The number of anilines is 1. The topological polar surface area (TPSA) is 103 Å². The Labute approximate surface area is 122 Å². The Kier molecular flexibility index (Phi) is 6.57. The third-order valence-electron chi connectivity index (χ3n) is 2.91. The molecule has 0 spiro atoms. The van der Waals surface area contributed by atoms with Gasteiger partial charge in [0.15, 0.2) is 0 Å². The van der Waals surface area contributed by atoms with Crippen molar-refractivity contribution in [2.24, 2.45) is 0 Å². The largest absolute Gasteiger partial charge is 0.383 e. The first kappa shape index (κ1) is 16.9. The molecule has 0 aliphatic heterocycles. The van der Waals surface area contributed by atoms with Gasteiger partial charge in [-0.1, -0.05) is 6.07 Å². The molecule has 1 aromatic carbocycles. The minimum atomic E-state index is -0.580. The van der Waals surface area contributed by atoms with Crippen LogP contribution in [0.4, 0.5) is 11.4 Å².